The highest BCUT2D eigenvalue weighted by atomic mass is 16.4. The first-order valence-corrected chi connectivity index (χ1v) is 5.64. The molecule has 4 heteroatoms. The van der Waals surface area contributed by atoms with Gasteiger partial charge in [0.25, 0.3) is 0 Å². The van der Waals surface area contributed by atoms with Crippen LogP contribution in [0.25, 0.3) is 17.0 Å². The van der Waals surface area contributed by atoms with Crippen LogP contribution in [0.2, 0.25) is 0 Å². The second-order valence-electron chi connectivity index (χ2n) is 4.25. The molecule has 0 fully saturated rings. The number of nitrogens with zero attached hydrogens (tertiary/aromatic N) is 1. The number of carbonyl (C=O) groups is 1. The van der Waals surface area contributed by atoms with Crippen LogP contribution in [-0.4, -0.2) is 20.7 Å². The summed E-state index contributed by atoms with van der Waals surface area (Å²) in [7, 11) is 1.96. The van der Waals surface area contributed by atoms with E-state index in [1.54, 1.807) is 0 Å². The van der Waals surface area contributed by atoms with Gasteiger partial charge in [-0.25, -0.2) is 4.79 Å². The fourth-order valence-electron chi connectivity index (χ4n) is 2.10. The molecule has 0 saturated heterocycles. The Balaban J connectivity index is 2.73. The average molecular weight is 245 g/mol. The van der Waals surface area contributed by atoms with Crippen molar-refractivity contribution in [1.82, 2.24) is 4.57 Å². The molecule has 1 aromatic carbocycles. The third-order valence-corrected chi connectivity index (χ3v) is 3.16. The van der Waals surface area contributed by atoms with E-state index < -0.39 is 5.97 Å². The first kappa shape index (κ1) is 12.4. The molecule has 0 unspecified atom stereocenters. The Bertz CT molecular complexity index is 638. The van der Waals surface area contributed by atoms with Gasteiger partial charge >= 0.3 is 5.97 Å². The molecular weight excluding hydrogens is 230 g/mol. The normalized spacial score (nSPS) is 11.5. The van der Waals surface area contributed by atoms with Crippen molar-refractivity contribution in [3.8, 4) is 0 Å². The topological polar surface area (TPSA) is 62.5 Å². The summed E-state index contributed by atoms with van der Waals surface area (Å²) < 4.78 is 2.04. The molecule has 94 valence electrons. The molecule has 1 aromatic heterocycles. The lowest BCUT2D eigenvalue weighted by atomic mass is 10.0. The van der Waals surface area contributed by atoms with Crippen LogP contribution < -0.4 is 0 Å². The van der Waals surface area contributed by atoms with Gasteiger partial charge < -0.3 is 14.8 Å². The van der Waals surface area contributed by atoms with Crippen LogP contribution in [0.4, 0.5) is 0 Å². The summed E-state index contributed by atoms with van der Waals surface area (Å²) in [5.41, 5.74) is 3.60. The molecule has 0 aliphatic heterocycles. The van der Waals surface area contributed by atoms with Gasteiger partial charge in [-0.15, -0.1) is 0 Å². The predicted molar refractivity (Wildman–Crippen MR) is 70.2 cm³/mol. The number of aryl methyl sites for hydroxylation is 2. The zero-order valence-electron chi connectivity index (χ0n) is 10.3. The minimum Gasteiger partial charge on any atom is -0.478 e. The van der Waals surface area contributed by atoms with E-state index in [2.05, 4.69) is 0 Å². The zero-order valence-corrected chi connectivity index (χ0v) is 10.3. The number of hydrogen-bond donors (Lipinski definition) is 2. The second-order valence-corrected chi connectivity index (χ2v) is 4.25. The molecule has 18 heavy (non-hydrogen) atoms. The van der Waals surface area contributed by atoms with Crippen LogP contribution in [0.1, 0.15) is 16.8 Å². The predicted octanol–water partition coefficient (Wildman–Crippen LogP) is 2.08. The van der Waals surface area contributed by atoms with Crippen molar-refractivity contribution in [1.29, 1.82) is 0 Å². The van der Waals surface area contributed by atoms with Crippen LogP contribution in [-0.2, 0) is 18.4 Å². The van der Waals surface area contributed by atoms with E-state index in [1.807, 2.05) is 36.7 Å². The van der Waals surface area contributed by atoms with Gasteiger partial charge in [-0.2, -0.15) is 0 Å². The van der Waals surface area contributed by atoms with Crippen LogP contribution in [0.5, 0.6) is 0 Å². The van der Waals surface area contributed by atoms with Gasteiger partial charge in [0.1, 0.15) is 0 Å². The van der Waals surface area contributed by atoms with E-state index in [0.29, 0.717) is 0 Å². The van der Waals surface area contributed by atoms with Crippen LogP contribution >= 0.6 is 0 Å². The fraction of sp³-hybridized carbons (Fsp3) is 0.214. The average Bonchev–Trinajstić information content (AvgIpc) is 2.62. The molecule has 0 radical (unpaired) electrons. The van der Waals surface area contributed by atoms with Crippen molar-refractivity contribution in [2.75, 3.05) is 0 Å². The van der Waals surface area contributed by atoms with E-state index in [0.717, 1.165) is 33.8 Å². The quantitative estimate of drug-likeness (QED) is 0.814. The third-order valence-electron chi connectivity index (χ3n) is 3.16. The van der Waals surface area contributed by atoms with Crippen molar-refractivity contribution in [3.05, 3.63) is 41.1 Å². The number of aliphatic hydroxyl groups is 1. The molecule has 2 N–H and O–H groups in total. The van der Waals surface area contributed by atoms with Gasteiger partial charge in [0.05, 0.1) is 6.61 Å². The summed E-state index contributed by atoms with van der Waals surface area (Å²) in [6.07, 6.45) is 2.63. The number of aliphatic carboxylic acids is 1. The van der Waals surface area contributed by atoms with Gasteiger partial charge in [-0.05, 0) is 36.3 Å². The van der Waals surface area contributed by atoms with Gasteiger partial charge in [0, 0.05) is 29.7 Å². The first-order valence-electron chi connectivity index (χ1n) is 5.64. The Kier molecular flexibility index (Phi) is 3.21. The molecule has 0 saturated carbocycles. The van der Waals surface area contributed by atoms with E-state index in [4.69, 9.17) is 5.11 Å². The van der Waals surface area contributed by atoms with Crippen molar-refractivity contribution in [2.45, 2.75) is 13.5 Å². The third kappa shape index (κ3) is 2.02. The smallest absolute Gasteiger partial charge is 0.328 e. The lowest BCUT2D eigenvalue weighted by Gasteiger charge is -2.06. The lowest BCUT2D eigenvalue weighted by Crippen LogP contribution is -1.93. The number of rotatable bonds is 3. The molecule has 0 spiro atoms. The monoisotopic (exact) mass is 245 g/mol. The molecule has 0 aliphatic rings. The minimum atomic E-state index is -0.997. The highest BCUT2D eigenvalue weighted by Crippen LogP contribution is 2.26. The number of benzene rings is 1. The molecule has 2 rings (SSSR count). The first-order chi connectivity index (χ1) is 8.54. The van der Waals surface area contributed by atoms with E-state index in [1.165, 1.54) is 6.08 Å². The summed E-state index contributed by atoms with van der Waals surface area (Å²) in [5.74, 6) is -0.997. The summed E-state index contributed by atoms with van der Waals surface area (Å²) in [6, 6.07) is 5.76. The number of hydrogen-bond acceptors (Lipinski definition) is 2. The van der Waals surface area contributed by atoms with E-state index in [9.17, 15) is 9.90 Å². The fourth-order valence-corrected chi connectivity index (χ4v) is 2.10. The van der Waals surface area contributed by atoms with Gasteiger partial charge in [-0.1, -0.05) is 6.07 Å². The van der Waals surface area contributed by atoms with Crippen molar-refractivity contribution in [3.63, 3.8) is 0 Å². The molecule has 4 nitrogen and oxygen atoms in total. The Morgan fingerprint density at radius 2 is 2.17 bits per heavy atom. The van der Waals surface area contributed by atoms with Crippen LogP contribution in [0, 0.1) is 6.92 Å². The number of aromatic nitrogens is 1. The standard InChI is InChI=1S/C14H15NO3/c1-9-7-12-11(4-6-14(17)18)10(8-16)3-5-13(12)15(9)2/h3-7,16H,8H2,1-2H3,(H,17,18)/b6-4+. The molecule has 1 heterocycles. The minimum absolute atomic E-state index is 0.108. The van der Waals surface area contributed by atoms with Crippen LogP contribution in [0.3, 0.4) is 0 Å². The van der Waals surface area contributed by atoms with Crippen molar-refractivity contribution in [2.24, 2.45) is 7.05 Å². The maximum absolute atomic E-state index is 10.6. The number of fused-ring (bicyclic) bond motifs is 1. The zero-order chi connectivity index (χ0) is 13.3. The lowest BCUT2D eigenvalue weighted by molar-refractivity contribution is -0.131. The molecule has 0 atom stereocenters. The molecular formula is C14H15NO3. The van der Waals surface area contributed by atoms with Crippen molar-refractivity contribution >= 4 is 22.9 Å². The van der Waals surface area contributed by atoms with Gasteiger partial charge in [0.2, 0.25) is 0 Å². The highest BCUT2D eigenvalue weighted by Gasteiger charge is 2.09. The Labute approximate surface area is 105 Å². The molecule has 0 aliphatic carbocycles. The summed E-state index contributed by atoms with van der Waals surface area (Å²) in [6.45, 7) is 1.88. The number of carboxylic acids is 1. The highest BCUT2D eigenvalue weighted by molar-refractivity contribution is 5.95. The molecule has 0 bridgehead atoms. The maximum atomic E-state index is 10.6. The number of carboxylic acid groups (broad SMARTS) is 1. The van der Waals surface area contributed by atoms with E-state index >= 15 is 0 Å². The summed E-state index contributed by atoms with van der Waals surface area (Å²) in [5, 5.41) is 19.0. The van der Waals surface area contributed by atoms with E-state index in [-0.39, 0.29) is 6.61 Å². The molecule has 0 amide bonds. The number of aliphatic hydroxyl groups excluding tert-OH is 1. The Morgan fingerprint density at radius 1 is 1.44 bits per heavy atom. The second kappa shape index (κ2) is 4.66. The van der Waals surface area contributed by atoms with Crippen molar-refractivity contribution < 1.29 is 15.0 Å². The Morgan fingerprint density at radius 3 is 2.78 bits per heavy atom. The van der Waals surface area contributed by atoms with Gasteiger partial charge in [-0.3, -0.25) is 0 Å². The maximum Gasteiger partial charge on any atom is 0.328 e. The van der Waals surface area contributed by atoms with Gasteiger partial charge in [0.15, 0.2) is 0 Å². The largest absolute Gasteiger partial charge is 0.478 e. The Hall–Kier alpha value is -2.07. The summed E-state index contributed by atoms with van der Waals surface area (Å²) in [4.78, 5) is 10.6. The SMILES string of the molecule is Cc1cc2c(/C=C/C(=O)O)c(CO)ccc2n1C. The summed E-state index contributed by atoms with van der Waals surface area (Å²) >= 11 is 0. The molecule has 2 aromatic rings. The van der Waals surface area contributed by atoms with Crippen LogP contribution in [0.15, 0.2) is 24.3 Å².